The number of aliphatic hydroxyl groups is 1. The molecule has 0 aliphatic carbocycles. The van der Waals surface area contributed by atoms with E-state index in [-0.39, 0.29) is 16.9 Å². The van der Waals surface area contributed by atoms with Crippen LogP contribution in [0.2, 0.25) is 0 Å². The van der Waals surface area contributed by atoms with Crippen molar-refractivity contribution in [3.8, 4) is 5.75 Å². The van der Waals surface area contributed by atoms with E-state index < -0.39 is 23.5 Å². The van der Waals surface area contributed by atoms with Crippen LogP contribution in [0, 0.1) is 0 Å². The number of carbonyl (C=O) groups is 2. The van der Waals surface area contributed by atoms with Crippen molar-refractivity contribution in [1.82, 2.24) is 14.8 Å². The summed E-state index contributed by atoms with van der Waals surface area (Å²) in [5.74, 6) is -2.08. The molecule has 0 spiro atoms. The molecule has 1 aromatic carbocycles. The Morgan fingerprint density at radius 1 is 1.29 bits per heavy atom. The summed E-state index contributed by atoms with van der Waals surface area (Å²) in [5, 5.41) is 21.1. The lowest BCUT2D eigenvalue weighted by Gasteiger charge is -2.26. The maximum Gasteiger partial charge on any atom is 0.295 e. The molecule has 146 valence electrons. The lowest BCUT2D eigenvalue weighted by molar-refractivity contribution is -0.140. The van der Waals surface area contributed by atoms with Gasteiger partial charge in [0.25, 0.3) is 11.7 Å². The van der Waals surface area contributed by atoms with Gasteiger partial charge in [-0.1, -0.05) is 22.0 Å². The fraction of sp³-hybridized carbons (Fsp3) is 0.250. The summed E-state index contributed by atoms with van der Waals surface area (Å²) in [6.45, 7) is 0.852. The van der Waals surface area contributed by atoms with E-state index in [0.29, 0.717) is 23.1 Å². The average Bonchev–Trinajstić information content (AvgIpc) is 2.93. The lowest BCUT2D eigenvalue weighted by Crippen LogP contribution is -2.35. The second-order valence-electron chi connectivity index (χ2n) is 6.74. The largest absolute Gasteiger partial charge is 0.507 e. The van der Waals surface area contributed by atoms with Gasteiger partial charge in [-0.2, -0.15) is 0 Å². The van der Waals surface area contributed by atoms with Crippen LogP contribution in [0.5, 0.6) is 5.75 Å². The van der Waals surface area contributed by atoms with Gasteiger partial charge in [-0.05, 0) is 43.9 Å². The number of rotatable bonds is 5. The van der Waals surface area contributed by atoms with Crippen LogP contribution in [0.15, 0.2) is 52.8 Å². The highest BCUT2D eigenvalue weighted by molar-refractivity contribution is 9.10. The average molecular weight is 446 g/mol. The second kappa shape index (κ2) is 8.12. The highest BCUT2D eigenvalue weighted by atomic mass is 79.9. The van der Waals surface area contributed by atoms with Crippen molar-refractivity contribution in [2.24, 2.45) is 0 Å². The molecule has 1 amide bonds. The summed E-state index contributed by atoms with van der Waals surface area (Å²) in [6.07, 6.45) is 3.16. The molecule has 28 heavy (non-hydrogen) atoms. The number of benzene rings is 1. The summed E-state index contributed by atoms with van der Waals surface area (Å²) in [5.41, 5.74) is 0.621. The van der Waals surface area contributed by atoms with E-state index in [1.54, 1.807) is 30.6 Å². The highest BCUT2D eigenvalue weighted by Crippen LogP contribution is 2.40. The van der Waals surface area contributed by atoms with E-state index >= 15 is 0 Å². The zero-order chi connectivity index (χ0) is 20.4. The number of amides is 1. The number of carbonyl (C=O) groups excluding carboxylic acids is 2. The van der Waals surface area contributed by atoms with Crippen LogP contribution in [0.1, 0.15) is 17.2 Å². The molecule has 1 unspecified atom stereocenters. The lowest BCUT2D eigenvalue weighted by atomic mass is 9.96. The molecule has 2 aromatic rings. The molecule has 1 aliphatic rings. The van der Waals surface area contributed by atoms with Gasteiger partial charge in [0.1, 0.15) is 11.5 Å². The number of phenols is 1. The zero-order valence-electron chi connectivity index (χ0n) is 15.5. The number of aromatic nitrogens is 1. The minimum absolute atomic E-state index is 0.0647. The van der Waals surface area contributed by atoms with Crippen molar-refractivity contribution in [1.29, 1.82) is 0 Å². The van der Waals surface area contributed by atoms with E-state index in [1.165, 1.54) is 17.0 Å². The number of likely N-dealkylation sites (tertiary alicyclic amines) is 1. The molecular formula is C20H20BrN3O4. The normalized spacial score (nSPS) is 18.9. The van der Waals surface area contributed by atoms with E-state index in [0.717, 1.165) is 0 Å². The van der Waals surface area contributed by atoms with Gasteiger partial charge in [0.05, 0.1) is 17.2 Å². The fourth-order valence-electron chi connectivity index (χ4n) is 3.15. The molecule has 2 N–H and O–H groups in total. The van der Waals surface area contributed by atoms with Crippen LogP contribution in [0.25, 0.3) is 5.76 Å². The van der Waals surface area contributed by atoms with Crippen LogP contribution >= 0.6 is 15.9 Å². The molecule has 3 rings (SSSR count). The first-order valence-electron chi connectivity index (χ1n) is 8.63. The maximum atomic E-state index is 12.8. The van der Waals surface area contributed by atoms with Crippen LogP contribution < -0.4 is 0 Å². The monoisotopic (exact) mass is 445 g/mol. The number of phenolic OH excluding ortho intramolecular Hbond substituents is 1. The minimum atomic E-state index is -0.788. The number of halogens is 1. The minimum Gasteiger partial charge on any atom is -0.507 e. The standard InChI is InChI=1S/C20H20BrN3O4/c1-23(2)8-9-24-17(12-4-3-7-22-11-12)16(19(27)20(24)28)18(26)14-10-13(21)5-6-15(14)25/h3-7,10-11,17,25-26H,8-9H2,1-2H3. The Bertz CT molecular complexity index is 944. The number of nitrogens with zero attached hydrogens (tertiary/aromatic N) is 3. The van der Waals surface area contributed by atoms with Crippen LogP contribution in [-0.4, -0.2) is 63.9 Å². The van der Waals surface area contributed by atoms with Crippen LogP contribution in [0.3, 0.4) is 0 Å². The summed E-state index contributed by atoms with van der Waals surface area (Å²) in [7, 11) is 3.74. The first-order chi connectivity index (χ1) is 13.3. The molecule has 8 heteroatoms. The number of hydrogen-bond acceptors (Lipinski definition) is 6. The molecule has 1 saturated heterocycles. The third kappa shape index (κ3) is 3.79. The van der Waals surface area contributed by atoms with Crippen LogP contribution in [-0.2, 0) is 9.59 Å². The van der Waals surface area contributed by atoms with Gasteiger partial charge in [-0.25, -0.2) is 0 Å². The van der Waals surface area contributed by atoms with Crippen LogP contribution in [0.4, 0.5) is 0 Å². The Kier molecular flexibility index (Phi) is 5.81. The topological polar surface area (TPSA) is 94.0 Å². The highest BCUT2D eigenvalue weighted by Gasteiger charge is 2.46. The Labute approximate surface area is 171 Å². The summed E-state index contributed by atoms with van der Waals surface area (Å²) >= 11 is 3.29. The molecule has 1 aliphatic heterocycles. The smallest absolute Gasteiger partial charge is 0.295 e. The molecule has 0 saturated carbocycles. The predicted molar refractivity (Wildman–Crippen MR) is 108 cm³/mol. The quantitative estimate of drug-likeness (QED) is 0.417. The molecular weight excluding hydrogens is 426 g/mol. The van der Waals surface area contributed by atoms with Gasteiger partial charge in [-0.15, -0.1) is 0 Å². The number of hydrogen-bond donors (Lipinski definition) is 2. The van der Waals surface area contributed by atoms with Crippen molar-refractivity contribution in [3.63, 3.8) is 0 Å². The summed E-state index contributed by atoms with van der Waals surface area (Å²) < 4.78 is 0.617. The Morgan fingerprint density at radius 2 is 2.04 bits per heavy atom. The van der Waals surface area contributed by atoms with Gasteiger partial charge in [0.2, 0.25) is 0 Å². The molecule has 2 heterocycles. The molecule has 1 atom stereocenters. The van der Waals surface area contributed by atoms with Gasteiger partial charge in [0.15, 0.2) is 0 Å². The Morgan fingerprint density at radius 3 is 2.68 bits per heavy atom. The van der Waals surface area contributed by atoms with E-state index in [1.807, 2.05) is 19.0 Å². The molecule has 7 nitrogen and oxygen atoms in total. The maximum absolute atomic E-state index is 12.8. The van der Waals surface area contributed by atoms with E-state index in [2.05, 4.69) is 20.9 Å². The van der Waals surface area contributed by atoms with E-state index in [9.17, 15) is 19.8 Å². The van der Waals surface area contributed by atoms with Gasteiger partial charge in [-0.3, -0.25) is 14.6 Å². The van der Waals surface area contributed by atoms with Crippen molar-refractivity contribution in [2.45, 2.75) is 6.04 Å². The first-order valence-corrected chi connectivity index (χ1v) is 9.42. The van der Waals surface area contributed by atoms with Gasteiger partial charge >= 0.3 is 0 Å². The van der Waals surface area contributed by atoms with Crippen molar-refractivity contribution in [3.05, 3.63) is 63.9 Å². The molecule has 0 radical (unpaired) electrons. The van der Waals surface area contributed by atoms with Crippen molar-refractivity contribution < 1.29 is 19.8 Å². The van der Waals surface area contributed by atoms with Gasteiger partial charge < -0.3 is 20.0 Å². The third-order valence-electron chi connectivity index (χ3n) is 4.54. The Balaban J connectivity index is 2.18. The van der Waals surface area contributed by atoms with Gasteiger partial charge in [0, 0.05) is 30.0 Å². The zero-order valence-corrected chi connectivity index (χ0v) is 17.0. The first kappa shape index (κ1) is 20.0. The third-order valence-corrected chi connectivity index (χ3v) is 5.04. The SMILES string of the molecule is CN(C)CCN1C(=O)C(=O)C(=C(O)c2cc(Br)ccc2O)C1c1cccnc1. The predicted octanol–water partition coefficient (Wildman–Crippen LogP) is 2.53. The van der Waals surface area contributed by atoms with Crippen molar-refractivity contribution in [2.75, 3.05) is 27.2 Å². The number of ketones is 1. The molecule has 0 bridgehead atoms. The second-order valence-corrected chi connectivity index (χ2v) is 7.66. The fourth-order valence-corrected chi connectivity index (χ4v) is 3.51. The summed E-state index contributed by atoms with van der Waals surface area (Å²) in [4.78, 5) is 33.0. The van der Waals surface area contributed by atoms with Crippen molar-refractivity contribution >= 4 is 33.4 Å². The molecule has 1 fully saturated rings. The number of Topliss-reactive ketones (excluding diaryl/α,β-unsaturated/α-hetero) is 1. The Hall–Kier alpha value is -2.71. The molecule has 1 aromatic heterocycles. The number of pyridine rings is 1. The summed E-state index contributed by atoms with van der Waals surface area (Å²) in [6, 6.07) is 7.18. The van der Waals surface area contributed by atoms with E-state index in [4.69, 9.17) is 0 Å². The number of likely N-dealkylation sites (N-methyl/N-ethyl adjacent to an activating group) is 1. The number of aliphatic hydroxyl groups excluding tert-OH is 1. The number of aromatic hydroxyl groups is 1.